The van der Waals surface area contributed by atoms with Crippen LogP contribution in [0.5, 0.6) is 0 Å². The molecule has 2 fully saturated rings. The Labute approximate surface area is 175 Å². The van der Waals surface area contributed by atoms with Gasteiger partial charge >= 0.3 is 0 Å². The molecule has 2 heterocycles. The standard InChI is InChI=1S/C19H25ClN4O4S/c20-14-3-6-16(7-4-14)29(26,27)22-17-8-5-15(28-19(17)12-25)9-10-24-11-18(21-23-24)13-1-2-13/h3-4,6-7,11,13,15,17,19,22,25H,1-2,5,8-10,12H2/t15-,17-,19-/m1/s1. The highest BCUT2D eigenvalue weighted by Crippen LogP contribution is 2.38. The first-order valence-corrected chi connectivity index (χ1v) is 11.7. The van der Waals surface area contributed by atoms with Crippen molar-refractivity contribution in [3.05, 3.63) is 41.2 Å². The third-order valence-corrected chi connectivity index (χ3v) is 7.22. The molecule has 2 N–H and O–H groups in total. The molecule has 1 saturated heterocycles. The Kier molecular flexibility index (Phi) is 6.21. The van der Waals surface area contributed by atoms with Gasteiger partial charge in [0.1, 0.15) is 0 Å². The number of aromatic nitrogens is 3. The van der Waals surface area contributed by atoms with Crippen LogP contribution < -0.4 is 4.72 Å². The molecule has 0 radical (unpaired) electrons. The summed E-state index contributed by atoms with van der Waals surface area (Å²) in [6.45, 7) is 0.434. The van der Waals surface area contributed by atoms with Crippen molar-refractivity contribution in [2.75, 3.05) is 6.61 Å². The number of nitrogens with zero attached hydrogens (tertiary/aromatic N) is 3. The molecule has 10 heteroatoms. The number of aryl methyl sites for hydroxylation is 1. The van der Waals surface area contributed by atoms with Crippen LogP contribution in [0.1, 0.15) is 43.7 Å². The molecule has 1 aliphatic heterocycles. The highest BCUT2D eigenvalue weighted by atomic mass is 35.5. The predicted octanol–water partition coefficient (Wildman–Crippen LogP) is 2.09. The number of nitrogens with one attached hydrogen (secondary N) is 1. The van der Waals surface area contributed by atoms with Crippen LogP contribution in [0, 0.1) is 0 Å². The van der Waals surface area contributed by atoms with Crippen molar-refractivity contribution in [3.8, 4) is 0 Å². The first kappa shape index (κ1) is 20.7. The van der Waals surface area contributed by atoms with E-state index in [-0.39, 0.29) is 17.6 Å². The van der Waals surface area contributed by atoms with Crippen LogP contribution >= 0.6 is 11.6 Å². The van der Waals surface area contributed by atoms with E-state index in [1.807, 2.05) is 10.9 Å². The number of ether oxygens (including phenoxy) is 1. The predicted molar refractivity (Wildman–Crippen MR) is 107 cm³/mol. The van der Waals surface area contributed by atoms with Crippen LogP contribution in [0.4, 0.5) is 0 Å². The van der Waals surface area contributed by atoms with Gasteiger partial charge in [-0.1, -0.05) is 16.8 Å². The summed E-state index contributed by atoms with van der Waals surface area (Å²) >= 11 is 5.83. The molecule has 29 heavy (non-hydrogen) atoms. The fourth-order valence-electron chi connectivity index (χ4n) is 3.63. The molecular weight excluding hydrogens is 416 g/mol. The molecule has 2 aromatic rings. The van der Waals surface area contributed by atoms with Gasteiger partial charge in [-0.05, 0) is 56.4 Å². The number of hydrogen-bond acceptors (Lipinski definition) is 6. The molecule has 1 aliphatic carbocycles. The minimum Gasteiger partial charge on any atom is -0.394 e. The highest BCUT2D eigenvalue weighted by Gasteiger charge is 2.34. The Morgan fingerprint density at radius 1 is 1.21 bits per heavy atom. The lowest BCUT2D eigenvalue weighted by molar-refractivity contribution is -0.0891. The number of rotatable bonds is 8. The smallest absolute Gasteiger partial charge is 0.240 e. The summed E-state index contributed by atoms with van der Waals surface area (Å²) in [4.78, 5) is 0.137. The minimum absolute atomic E-state index is 0.0583. The van der Waals surface area contributed by atoms with E-state index in [1.54, 1.807) is 0 Å². The molecule has 1 saturated carbocycles. The van der Waals surface area contributed by atoms with Crippen LogP contribution in [0.3, 0.4) is 0 Å². The van der Waals surface area contributed by atoms with E-state index in [1.165, 1.54) is 37.1 Å². The van der Waals surface area contributed by atoms with E-state index in [0.717, 1.165) is 12.1 Å². The third-order valence-electron chi connectivity index (χ3n) is 5.46. The molecule has 0 unspecified atom stereocenters. The fraction of sp³-hybridized carbons (Fsp3) is 0.579. The molecule has 4 rings (SSSR count). The maximum absolute atomic E-state index is 12.6. The third kappa shape index (κ3) is 5.16. The van der Waals surface area contributed by atoms with Gasteiger partial charge in [0.25, 0.3) is 0 Å². The second-order valence-corrected chi connectivity index (χ2v) is 9.86. The molecule has 2 aliphatic rings. The topological polar surface area (TPSA) is 106 Å². The van der Waals surface area contributed by atoms with Gasteiger partial charge in [-0.15, -0.1) is 5.10 Å². The van der Waals surface area contributed by atoms with Gasteiger partial charge in [-0.2, -0.15) is 0 Å². The Balaban J connectivity index is 1.32. The van der Waals surface area contributed by atoms with E-state index in [2.05, 4.69) is 15.0 Å². The van der Waals surface area contributed by atoms with Crippen LogP contribution in [0.25, 0.3) is 0 Å². The second-order valence-electron chi connectivity index (χ2n) is 7.71. The zero-order chi connectivity index (χ0) is 20.4. The van der Waals surface area contributed by atoms with Crippen LogP contribution in [0.15, 0.2) is 35.4 Å². The number of halogens is 1. The van der Waals surface area contributed by atoms with Crippen LogP contribution in [-0.4, -0.2) is 53.4 Å². The van der Waals surface area contributed by atoms with Crippen LogP contribution in [0.2, 0.25) is 5.02 Å². The molecule has 1 aromatic carbocycles. The monoisotopic (exact) mass is 440 g/mol. The summed E-state index contributed by atoms with van der Waals surface area (Å²) in [5.74, 6) is 0.572. The number of sulfonamides is 1. The summed E-state index contributed by atoms with van der Waals surface area (Å²) in [6, 6.07) is 5.50. The van der Waals surface area contributed by atoms with E-state index in [4.69, 9.17) is 16.3 Å². The Hall–Kier alpha value is -1.52. The quantitative estimate of drug-likeness (QED) is 0.651. The average molecular weight is 441 g/mol. The van der Waals surface area contributed by atoms with E-state index in [0.29, 0.717) is 30.3 Å². The van der Waals surface area contributed by atoms with Crippen LogP contribution in [-0.2, 0) is 21.3 Å². The molecule has 8 nitrogen and oxygen atoms in total. The highest BCUT2D eigenvalue weighted by molar-refractivity contribution is 7.89. The lowest BCUT2D eigenvalue weighted by atomic mass is 9.98. The van der Waals surface area contributed by atoms with Gasteiger partial charge in [0.05, 0.1) is 35.4 Å². The van der Waals surface area contributed by atoms with Crippen molar-refractivity contribution in [1.29, 1.82) is 0 Å². The maximum atomic E-state index is 12.6. The molecule has 0 amide bonds. The number of hydrogen-bond donors (Lipinski definition) is 2. The molecule has 0 bridgehead atoms. The number of aliphatic hydroxyl groups excluding tert-OH is 1. The number of aliphatic hydroxyl groups is 1. The van der Waals surface area contributed by atoms with E-state index >= 15 is 0 Å². The lowest BCUT2D eigenvalue weighted by Gasteiger charge is -2.36. The molecule has 0 spiro atoms. The van der Waals surface area contributed by atoms with Gasteiger partial charge in [-0.25, -0.2) is 13.1 Å². The number of benzene rings is 1. The van der Waals surface area contributed by atoms with Crippen molar-refractivity contribution < 1.29 is 18.3 Å². The molecule has 158 valence electrons. The van der Waals surface area contributed by atoms with Gasteiger partial charge in [0, 0.05) is 23.7 Å². The van der Waals surface area contributed by atoms with Gasteiger partial charge < -0.3 is 9.84 Å². The van der Waals surface area contributed by atoms with Gasteiger partial charge in [0.15, 0.2) is 0 Å². The normalized spacial score (nSPS) is 25.2. The van der Waals surface area contributed by atoms with Crippen molar-refractivity contribution in [3.63, 3.8) is 0 Å². The zero-order valence-electron chi connectivity index (χ0n) is 15.9. The largest absolute Gasteiger partial charge is 0.394 e. The first-order chi connectivity index (χ1) is 13.9. The van der Waals surface area contributed by atoms with E-state index in [9.17, 15) is 13.5 Å². The summed E-state index contributed by atoms with van der Waals surface area (Å²) in [5.41, 5.74) is 1.06. The summed E-state index contributed by atoms with van der Waals surface area (Å²) in [5, 5.41) is 18.6. The Morgan fingerprint density at radius 2 is 1.97 bits per heavy atom. The Bertz CT molecular complexity index is 930. The zero-order valence-corrected chi connectivity index (χ0v) is 17.5. The van der Waals surface area contributed by atoms with Gasteiger partial charge in [-0.3, -0.25) is 4.68 Å². The minimum atomic E-state index is -3.71. The molecule has 3 atom stereocenters. The van der Waals surface area contributed by atoms with Gasteiger partial charge in [0.2, 0.25) is 10.0 Å². The van der Waals surface area contributed by atoms with E-state index < -0.39 is 22.2 Å². The SMILES string of the molecule is O=S(=O)(N[C@@H]1CC[C@H](CCn2cc(C3CC3)nn2)O[C@@H]1CO)c1ccc(Cl)cc1. The average Bonchev–Trinajstić information content (AvgIpc) is 3.45. The van der Waals surface area contributed by atoms with Crippen molar-refractivity contribution >= 4 is 21.6 Å². The summed E-state index contributed by atoms with van der Waals surface area (Å²) < 4.78 is 35.7. The van der Waals surface area contributed by atoms with Crippen molar-refractivity contribution in [1.82, 2.24) is 19.7 Å². The lowest BCUT2D eigenvalue weighted by Crippen LogP contribution is -2.50. The first-order valence-electron chi connectivity index (χ1n) is 9.89. The van der Waals surface area contributed by atoms with Crippen molar-refractivity contribution in [2.24, 2.45) is 0 Å². The summed E-state index contributed by atoms with van der Waals surface area (Å²) in [6.07, 6.45) is 5.76. The molecular formula is C19H25ClN4O4S. The molecule has 1 aromatic heterocycles. The maximum Gasteiger partial charge on any atom is 0.240 e. The Morgan fingerprint density at radius 3 is 2.66 bits per heavy atom. The van der Waals surface area contributed by atoms with Crippen molar-refractivity contribution in [2.45, 2.75) is 67.7 Å². The second kappa shape index (κ2) is 8.69. The fourth-order valence-corrected chi connectivity index (χ4v) is 5.05. The summed E-state index contributed by atoms with van der Waals surface area (Å²) in [7, 11) is -3.71.